The average Bonchev–Trinajstić information content (AvgIpc) is 3.07. The lowest BCUT2D eigenvalue weighted by Gasteiger charge is -2.23. The summed E-state index contributed by atoms with van der Waals surface area (Å²) in [7, 11) is 1.82. The van der Waals surface area contributed by atoms with E-state index in [1.807, 2.05) is 37.5 Å². The van der Waals surface area contributed by atoms with Crippen LogP contribution in [0.4, 0.5) is 0 Å². The van der Waals surface area contributed by atoms with Crippen molar-refractivity contribution in [1.29, 1.82) is 0 Å². The number of carbonyl (C=O) groups is 1. The molecular weight excluding hydrogens is 252 g/mol. The number of amides is 1. The lowest BCUT2D eigenvalue weighted by molar-refractivity contribution is 0.0695. The number of nitrogens with zero attached hydrogens (tertiary/aromatic N) is 1. The number of aliphatic hydroxyl groups is 1. The van der Waals surface area contributed by atoms with Gasteiger partial charge in [0.25, 0.3) is 5.91 Å². The maximum absolute atomic E-state index is 12.6. The lowest BCUT2D eigenvalue weighted by atomic mass is 10.0. The Morgan fingerprint density at radius 1 is 1.40 bits per heavy atom. The van der Waals surface area contributed by atoms with Crippen LogP contribution >= 0.6 is 0 Å². The topological polar surface area (TPSA) is 56.3 Å². The minimum atomic E-state index is -0.256. The van der Waals surface area contributed by atoms with Crippen molar-refractivity contribution in [2.24, 2.45) is 5.92 Å². The van der Waals surface area contributed by atoms with Gasteiger partial charge in [0.2, 0.25) is 0 Å². The van der Waals surface area contributed by atoms with Crippen LogP contribution < -0.4 is 0 Å². The highest BCUT2D eigenvalue weighted by Crippen LogP contribution is 2.27. The van der Waals surface area contributed by atoms with Crippen LogP contribution in [0.1, 0.15) is 29.6 Å². The van der Waals surface area contributed by atoms with Gasteiger partial charge in [-0.2, -0.15) is 0 Å². The Bertz CT molecular complexity index is 620. The third-order valence-corrected chi connectivity index (χ3v) is 4.30. The number of hydrogen-bond donors (Lipinski definition) is 2. The van der Waals surface area contributed by atoms with E-state index in [9.17, 15) is 9.90 Å². The first-order valence-electron chi connectivity index (χ1n) is 7.16. The molecule has 1 heterocycles. The van der Waals surface area contributed by atoms with Crippen molar-refractivity contribution < 1.29 is 9.90 Å². The van der Waals surface area contributed by atoms with Gasteiger partial charge in [0, 0.05) is 42.2 Å². The number of nitrogens with one attached hydrogen (secondary N) is 1. The maximum Gasteiger partial charge on any atom is 0.254 e. The fourth-order valence-electron chi connectivity index (χ4n) is 3.14. The largest absolute Gasteiger partial charge is 0.393 e. The van der Waals surface area contributed by atoms with Gasteiger partial charge in [0.15, 0.2) is 0 Å². The molecule has 2 aromatic rings. The van der Waals surface area contributed by atoms with Crippen LogP contribution in [0.25, 0.3) is 10.9 Å². The summed E-state index contributed by atoms with van der Waals surface area (Å²) in [4.78, 5) is 17.4. The number of rotatable bonds is 3. The van der Waals surface area contributed by atoms with Crippen molar-refractivity contribution in [2.75, 3.05) is 13.6 Å². The highest BCUT2D eigenvalue weighted by atomic mass is 16.3. The van der Waals surface area contributed by atoms with Gasteiger partial charge >= 0.3 is 0 Å². The SMILES string of the molecule is CN(CC1CCCC1O)C(=O)c1cccc2[nH]ccc12. The van der Waals surface area contributed by atoms with E-state index in [1.165, 1.54) is 0 Å². The Labute approximate surface area is 118 Å². The van der Waals surface area contributed by atoms with Crippen LogP contribution in [-0.2, 0) is 0 Å². The normalized spacial score (nSPS) is 22.3. The fraction of sp³-hybridized carbons (Fsp3) is 0.438. The Balaban J connectivity index is 1.79. The predicted octanol–water partition coefficient (Wildman–Crippen LogP) is 2.40. The first-order valence-corrected chi connectivity index (χ1v) is 7.16. The van der Waals surface area contributed by atoms with Gasteiger partial charge in [0.05, 0.1) is 6.10 Å². The van der Waals surface area contributed by atoms with Gasteiger partial charge in [-0.25, -0.2) is 0 Å². The molecule has 2 unspecified atom stereocenters. The Morgan fingerprint density at radius 2 is 2.25 bits per heavy atom. The monoisotopic (exact) mass is 272 g/mol. The highest BCUT2D eigenvalue weighted by molar-refractivity contribution is 6.06. The van der Waals surface area contributed by atoms with Crippen LogP contribution in [0, 0.1) is 5.92 Å². The number of carbonyl (C=O) groups excluding carboxylic acids is 1. The van der Waals surface area contributed by atoms with Gasteiger partial charge in [-0.3, -0.25) is 4.79 Å². The number of aromatic amines is 1. The lowest BCUT2D eigenvalue weighted by Crippen LogP contribution is -2.34. The van der Waals surface area contributed by atoms with Gasteiger partial charge in [-0.1, -0.05) is 12.5 Å². The molecule has 1 aromatic carbocycles. The predicted molar refractivity (Wildman–Crippen MR) is 78.6 cm³/mol. The van der Waals surface area contributed by atoms with Crippen molar-refractivity contribution in [1.82, 2.24) is 9.88 Å². The number of aliphatic hydroxyl groups excluding tert-OH is 1. The zero-order chi connectivity index (χ0) is 14.1. The Hall–Kier alpha value is -1.81. The highest BCUT2D eigenvalue weighted by Gasteiger charge is 2.28. The molecule has 2 N–H and O–H groups in total. The van der Waals surface area contributed by atoms with E-state index in [0.717, 1.165) is 35.7 Å². The van der Waals surface area contributed by atoms with Gasteiger partial charge < -0.3 is 15.0 Å². The molecule has 0 saturated heterocycles. The number of H-pyrrole nitrogens is 1. The van der Waals surface area contributed by atoms with Crippen molar-refractivity contribution in [2.45, 2.75) is 25.4 Å². The minimum Gasteiger partial charge on any atom is -0.393 e. The molecule has 1 aliphatic carbocycles. The smallest absolute Gasteiger partial charge is 0.254 e. The molecule has 106 valence electrons. The summed E-state index contributed by atoms with van der Waals surface area (Å²) < 4.78 is 0. The van der Waals surface area contributed by atoms with Crippen LogP contribution in [0.2, 0.25) is 0 Å². The molecular formula is C16H20N2O2. The first kappa shape index (κ1) is 13.2. The van der Waals surface area contributed by atoms with Crippen molar-refractivity contribution in [3.63, 3.8) is 0 Å². The third-order valence-electron chi connectivity index (χ3n) is 4.30. The molecule has 3 rings (SSSR count). The van der Waals surface area contributed by atoms with E-state index in [1.54, 1.807) is 4.90 Å². The summed E-state index contributed by atoms with van der Waals surface area (Å²) >= 11 is 0. The van der Waals surface area contributed by atoms with Gasteiger partial charge in [-0.15, -0.1) is 0 Å². The van der Waals surface area contributed by atoms with Crippen molar-refractivity contribution >= 4 is 16.8 Å². The van der Waals surface area contributed by atoms with E-state index in [-0.39, 0.29) is 17.9 Å². The third kappa shape index (κ3) is 2.31. The van der Waals surface area contributed by atoms with Gasteiger partial charge in [0.1, 0.15) is 0 Å². The van der Waals surface area contributed by atoms with E-state index in [2.05, 4.69) is 4.98 Å². The number of hydrogen-bond acceptors (Lipinski definition) is 2. The molecule has 0 aliphatic heterocycles. The molecule has 1 amide bonds. The summed E-state index contributed by atoms with van der Waals surface area (Å²) in [6.07, 6.45) is 4.52. The van der Waals surface area contributed by atoms with E-state index >= 15 is 0 Å². The molecule has 1 aliphatic rings. The second-order valence-electron chi connectivity index (χ2n) is 5.69. The second kappa shape index (κ2) is 5.29. The molecule has 1 fully saturated rings. The summed E-state index contributed by atoms with van der Waals surface area (Å²) in [5.74, 6) is 0.240. The number of aromatic nitrogens is 1. The quantitative estimate of drug-likeness (QED) is 0.901. The molecule has 2 atom stereocenters. The molecule has 4 heteroatoms. The van der Waals surface area contributed by atoms with Crippen LogP contribution in [0.15, 0.2) is 30.5 Å². The van der Waals surface area contributed by atoms with E-state index < -0.39 is 0 Å². The van der Waals surface area contributed by atoms with Crippen LogP contribution in [-0.4, -0.2) is 40.6 Å². The Kier molecular flexibility index (Phi) is 3.49. The summed E-state index contributed by atoms with van der Waals surface area (Å²) in [6.45, 7) is 0.626. The van der Waals surface area contributed by atoms with E-state index in [0.29, 0.717) is 6.54 Å². The van der Waals surface area contributed by atoms with Gasteiger partial charge in [-0.05, 0) is 31.0 Å². The van der Waals surface area contributed by atoms with Crippen LogP contribution in [0.5, 0.6) is 0 Å². The Morgan fingerprint density at radius 3 is 3.00 bits per heavy atom. The summed E-state index contributed by atoms with van der Waals surface area (Å²) in [5, 5.41) is 10.8. The fourth-order valence-corrected chi connectivity index (χ4v) is 3.14. The van der Waals surface area contributed by atoms with Crippen molar-refractivity contribution in [3.8, 4) is 0 Å². The van der Waals surface area contributed by atoms with E-state index in [4.69, 9.17) is 0 Å². The molecule has 20 heavy (non-hydrogen) atoms. The molecule has 0 spiro atoms. The summed E-state index contributed by atoms with van der Waals surface area (Å²) in [5.41, 5.74) is 1.70. The molecule has 1 aromatic heterocycles. The molecule has 1 saturated carbocycles. The number of benzene rings is 1. The minimum absolute atomic E-state index is 0.0225. The molecule has 0 bridgehead atoms. The standard InChI is InChI=1S/C16H20N2O2/c1-18(10-11-4-2-7-15(11)19)16(20)13-5-3-6-14-12(13)8-9-17-14/h3,5-6,8-9,11,15,17,19H,2,4,7,10H2,1H3. The maximum atomic E-state index is 12.6. The first-order chi connectivity index (χ1) is 9.66. The van der Waals surface area contributed by atoms with Crippen LogP contribution in [0.3, 0.4) is 0 Å². The summed E-state index contributed by atoms with van der Waals surface area (Å²) in [6, 6.07) is 7.65. The molecule has 0 radical (unpaired) electrons. The number of fused-ring (bicyclic) bond motifs is 1. The molecule has 4 nitrogen and oxygen atoms in total. The zero-order valence-corrected chi connectivity index (χ0v) is 11.7. The average molecular weight is 272 g/mol. The zero-order valence-electron chi connectivity index (χ0n) is 11.7. The second-order valence-corrected chi connectivity index (χ2v) is 5.69. The van der Waals surface area contributed by atoms with Crippen molar-refractivity contribution in [3.05, 3.63) is 36.0 Å².